The van der Waals surface area contributed by atoms with Crippen LogP contribution in [-0.2, 0) is 4.74 Å². The zero-order valence-corrected chi connectivity index (χ0v) is 9.76. The van der Waals surface area contributed by atoms with E-state index in [1.54, 1.807) is 0 Å². The lowest BCUT2D eigenvalue weighted by molar-refractivity contribution is 0.136. The van der Waals surface area contributed by atoms with Gasteiger partial charge in [-0.05, 0) is 12.8 Å². The van der Waals surface area contributed by atoms with Gasteiger partial charge in [-0.25, -0.2) is 0 Å². The van der Waals surface area contributed by atoms with Gasteiger partial charge in [-0.1, -0.05) is 37.6 Å². The minimum atomic E-state index is 0. The molecule has 0 atom stereocenters. The molecular formula is C11H22ClNO. The second-order valence-corrected chi connectivity index (χ2v) is 2.85. The molecule has 0 spiro atoms. The first-order valence-corrected chi connectivity index (χ1v) is 5.01. The van der Waals surface area contributed by atoms with Gasteiger partial charge in [-0.15, -0.1) is 12.4 Å². The van der Waals surface area contributed by atoms with E-state index in [-0.39, 0.29) is 12.4 Å². The van der Waals surface area contributed by atoms with Crippen molar-refractivity contribution in [3.63, 3.8) is 0 Å². The molecule has 0 aliphatic rings. The molecule has 0 heterocycles. The summed E-state index contributed by atoms with van der Waals surface area (Å²) in [5.74, 6) is 0. The van der Waals surface area contributed by atoms with Crippen molar-refractivity contribution >= 4 is 12.4 Å². The first-order valence-electron chi connectivity index (χ1n) is 5.01. The van der Waals surface area contributed by atoms with Gasteiger partial charge in [0.05, 0.1) is 6.61 Å². The first-order chi connectivity index (χ1) is 6.41. The highest BCUT2D eigenvalue weighted by Crippen LogP contribution is 1.90. The molecule has 2 nitrogen and oxygen atoms in total. The van der Waals surface area contributed by atoms with Gasteiger partial charge in [0.1, 0.15) is 0 Å². The Morgan fingerprint density at radius 1 is 1.14 bits per heavy atom. The third-order valence-corrected chi connectivity index (χ3v) is 1.59. The average molecular weight is 220 g/mol. The quantitative estimate of drug-likeness (QED) is 0.503. The molecule has 0 aromatic heterocycles. The summed E-state index contributed by atoms with van der Waals surface area (Å²) in [6.07, 6.45) is 11.3. The largest absolute Gasteiger partial charge is 0.381 e. The lowest BCUT2D eigenvalue weighted by Crippen LogP contribution is -1.94. The van der Waals surface area contributed by atoms with Crippen LogP contribution in [0.3, 0.4) is 0 Å². The van der Waals surface area contributed by atoms with Gasteiger partial charge >= 0.3 is 0 Å². The van der Waals surface area contributed by atoms with Crippen molar-refractivity contribution < 1.29 is 4.74 Å². The second kappa shape index (κ2) is 15.2. The van der Waals surface area contributed by atoms with Gasteiger partial charge in [0.2, 0.25) is 0 Å². The molecule has 0 saturated heterocycles. The van der Waals surface area contributed by atoms with Gasteiger partial charge in [0, 0.05) is 13.2 Å². The van der Waals surface area contributed by atoms with Crippen LogP contribution in [0.15, 0.2) is 24.3 Å². The van der Waals surface area contributed by atoms with Crippen LogP contribution >= 0.6 is 12.4 Å². The van der Waals surface area contributed by atoms with E-state index in [0.717, 1.165) is 26.1 Å². The van der Waals surface area contributed by atoms with Crippen LogP contribution in [0.4, 0.5) is 0 Å². The van der Waals surface area contributed by atoms with Crippen LogP contribution in [0.5, 0.6) is 0 Å². The van der Waals surface area contributed by atoms with Crippen molar-refractivity contribution in [2.75, 3.05) is 19.8 Å². The average Bonchev–Trinajstić information content (AvgIpc) is 2.16. The molecule has 0 radical (unpaired) electrons. The normalized spacial score (nSPS) is 11.0. The SMILES string of the molecule is CCCCOCC/C=C/C=C/CN.Cl. The highest BCUT2D eigenvalue weighted by molar-refractivity contribution is 5.85. The summed E-state index contributed by atoms with van der Waals surface area (Å²) in [6, 6.07) is 0. The summed E-state index contributed by atoms with van der Waals surface area (Å²) in [4.78, 5) is 0. The molecule has 3 heteroatoms. The number of nitrogens with two attached hydrogens (primary N) is 1. The van der Waals surface area contributed by atoms with Crippen molar-refractivity contribution in [1.29, 1.82) is 0 Å². The lowest BCUT2D eigenvalue weighted by Gasteiger charge is -1.98. The lowest BCUT2D eigenvalue weighted by atomic mass is 10.3. The molecule has 0 rings (SSSR count). The predicted molar refractivity (Wildman–Crippen MR) is 64.9 cm³/mol. The zero-order chi connectivity index (χ0) is 9.78. The minimum Gasteiger partial charge on any atom is -0.381 e. The highest BCUT2D eigenvalue weighted by Gasteiger charge is 1.83. The molecule has 0 bridgehead atoms. The van der Waals surface area contributed by atoms with E-state index in [0.29, 0.717) is 6.54 Å². The van der Waals surface area contributed by atoms with Gasteiger partial charge in [0.25, 0.3) is 0 Å². The summed E-state index contributed by atoms with van der Waals surface area (Å²) in [6.45, 7) is 4.49. The molecule has 14 heavy (non-hydrogen) atoms. The fourth-order valence-electron chi connectivity index (χ4n) is 0.832. The molecule has 0 aliphatic carbocycles. The third kappa shape index (κ3) is 14.2. The number of hydrogen-bond acceptors (Lipinski definition) is 2. The Hall–Kier alpha value is -0.310. The van der Waals surface area contributed by atoms with Gasteiger partial charge in [-0.3, -0.25) is 0 Å². The van der Waals surface area contributed by atoms with Crippen molar-refractivity contribution in [2.24, 2.45) is 5.73 Å². The van der Waals surface area contributed by atoms with E-state index in [9.17, 15) is 0 Å². The molecule has 0 amide bonds. The van der Waals surface area contributed by atoms with Crippen molar-refractivity contribution in [3.8, 4) is 0 Å². The van der Waals surface area contributed by atoms with Crippen LogP contribution in [-0.4, -0.2) is 19.8 Å². The van der Waals surface area contributed by atoms with Gasteiger partial charge in [-0.2, -0.15) is 0 Å². The Bertz CT molecular complexity index is 146. The number of ether oxygens (including phenoxy) is 1. The fourth-order valence-corrected chi connectivity index (χ4v) is 0.832. The predicted octanol–water partition coefficient (Wildman–Crippen LogP) is 2.69. The summed E-state index contributed by atoms with van der Waals surface area (Å²) in [5, 5.41) is 0. The Morgan fingerprint density at radius 2 is 1.86 bits per heavy atom. The Morgan fingerprint density at radius 3 is 2.50 bits per heavy atom. The fraction of sp³-hybridized carbons (Fsp3) is 0.636. The molecule has 2 N–H and O–H groups in total. The number of halogens is 1. The summed E-state index contributed by atoms with van der Waals surface area (Å²) >= 11 is 0. The van der Waals surface area contributed by atoms with Gasteiger partial charge in [0.15, 0.2) is 0 Å². The molecule has 0 fully saturated rings. The Kier molecular flexibility index (Phi) is 17.5. The number of unbranched alkanes of at least 4 members (excludes halogenated alkanes) is 1. The summed E-state index contributed by atoms with van der Waals surface area (Å²) < 4.78 is 5.38. The maximum absolute atomic E-state index is 5.38. The maximum atomic E-state index is 5.38. The molecule has 0 aliphatic heterocycles. The van der Waals surface area contributed by atoms with Crippen LogP contribution in [0.25, 0.3) is 0 Å². The Balaban J connectivity index is 0. The topological polar surface area (TPSA) is 35.2 Å². The van der Waals surface area contributed by atoms with Crippen LogP contribution < -0.4 is 5.73 Å². The monoisotopic (exact) mass is 219 g/mol. The van der Waals surface area contributed by atoms with Crippen molar-refractivity contribution in [2.45, 2.75) is 26.2 Å². The standard InChI is InChI=1S/C11H21NO.ClH/c1-2-3-10-13-11-8-6-4-5-7-9-12;/h4-7H,2-3,8-12H2,1H3;1H/b6-4+,7-5+;. The van der Waals surface area contributed by atoms with E-state index >= 15 is 0 Å². The number of allylic oxidation sites excluding steroid dienone is 2. The van der Waals surface area contributed by atoms with Crippen molar-refractivity contribution in [1.82, 2.24) is 0 Å². The maximum Gasteiger partial charge on any atom is 0.0500 e. The summed E-state index contributed by atoms with van der Waals surface area (Å²) in [5.41, 5.74) is 5.28. The minimum absolute atomic E-state index is 0. The third-order valence-electron chi connectivity index (χ3n) is 1.59. The van der Waals surface area contributed by atoms with E-state index in [2.05, 4.69) is 13.0 Å². The summed E-state index contributed by atoms with van der Waals surface area (Å²) in [7, 11) is 0. The van der Waals surface area contributed by atoms with E-state index in [1.165, 1.54) is 6.42 Å². The van der Waals surface area contributed by atoms with Crippen molar-refractivity contribution in [3.05, 3.63) is 24.3 Å². The highest BCUT2D eigenvalue weighted by atomic mass is 35.5. The smallest absolute Gasteiger partial charge is 0.0500 e. The molecule has 0 unspecified atom stereocenters. The molecule has 0 saturated carbocycles. The number of rotatable bonds is 8. The van der Waals surface area contributed by atoms with Gasteiger partial charge < -0.3 is 10.5 Å². The second-order valence-electron chi connectivity index (χ2n) is 2.85. The van der Waals surface area contributed by atoms with Crippen LogP contribution in [0, 0.1) is 0 Å². The first kappa shape index (κ1) is 16.1. The van der Waals surface area contributed by atoms with E-state index in [4.69, 9.17) is 10.5 Å². The Labute approximate surface area is 93.6 Å². The number of hydrogen-bond donors (Lipinski definition) is 1. The zero-order valence-electron chi connectivity index (χ0n) is 8.95. The van der Waals surface area contributed by atoms with Crippen LogP contribution in [0.2, 0.25) is 0 Å². The molecule has 84 valence electrons. The van der Waals surface area contributed by atoms with Crippen LogP contribution in [0.1, 0.15) is 26.2 Å². The molecule has 0 aromatic carbocycles. The van der Waals surface area contributed by atoms with E-state index < -0.39 is 0 Å². The van der Waals surface area contributed by atoms with E-state index in [1.807, 2.05) is 18.2 Å². The molecule has 0 aromatic rings. The molecular weight excluding hydrogens is 198 g/mol.